The average Bonchev–Trinajstić information content (AvgIpc) is 2.42. The van der Waals surface area contributed by atoms with Crippen LogP contribution >= 0.6 is 22.6 Å². The summed E-state index contributed by atoms with van der Waals surface area (Å²) in [4.78, 5) is 0. The molecule has 1 fully saturated rings. The van der Waals surface area contributed by atoms with Crippen molar-refractivity contribution in [2.45, 2.75) is 43.1 Å². The third-order valence-electron chi connectivity index (χ3n) is 3.72. The molecule has 1 saturated heterocycles. The summed E-state index contributed by atoms with van der Waals surface area (Å²) in [6, 6.07) is 0.588. The first-order chi connectivity index (χ1) is 7.00. The highest BCUT2D eigenvalue weighted by Gasteiger charge is 2.31. The number of piperidine rings is 1. The van der Waals surface area contributed by atoms with Crippen molar-refractivity contribution in [3.8, 4) is 0 Å². The van der Waals surface area contributed by atoms with Crippen molar-refractivity contribution in [1.82, 2.24) is 5.32 Å². The minimum absolute atomic E-state index is 0.242. The maximum absolute atomic E-state index is 3.65. The van der Waals surface area contributed by atoms with E-state index in [1.165, 1.54) is 30.5 Å². The monoisotopic (exact) mass is 317 g/mol. The number of alkyl halides is 1. The predicted molar refractivity (Wildman–Crippen MR) is 74.5 cm³/mol. The predicted octanol–water partition coefficient (Wildman–Crippen LogP) is 3.45. The molecule has 2 aliphatic rings. The van der Waals surface area contributed by atoms with Crippen LogP contribution in [0.1, 0.15) is 33.6 Å². The number of hydrogen-bond donors (Lipinski definition) is 1. The maximum Gasteiger partial charge on any atom is 0.0588 e. The van der Waals surface area contributed by atoms with E-state index in [-0.39, 0.29) is 3.42 Å². The first kappa shape index (κ1) is 11.6. The lowest BCUT2D eigenvalue weighted by Crippen LogP contribution is -2.41. The molecule has 1 aliphatic carbocycles. The molecule has 2 rings (SSSR count). The van der Waals surface area contributed by atoms with Crippen molar-refractivity contribution in [3.05, 3.63) is 23.3 Å². The van der Waals surface area contributed by atoms with Gasteiger partial charge >= 0.3 is 0 Å². The molecule has 1 nitrogen and oxygen atoms in total. The van der Waals surface area contributed by atoms with Crippen LogP contribution in [0, 0.1) is 5.92 Å². The second-order valence-corrected chi connectivity index (χ2v) is 7.34. The van der Waals surface area contributed by atoms with Crippen molar-refractivity contribution < 1.29 is 0 Å². The zero-order valence-electron chi connectivity index (χ0n) is 9.81. The smallest absolute Gasteiger partial charge is 0.0588 e. The summed E-state index contributed by atoms with van der Waals surface area (Å²) < 4.78 is 0.242. The van der Waals surface area contributed by atoms with E-state index in [1.807, 2.05) is 0 Å². The molecule has 0 aromatic carbocycles. The third-order valence-corrected chi connectivity index (χ3v) is 4.88. The molecule has 2 heteroatoms. The van der Waals surface area contributed by atoms with E-state index in [1.54, 1.807) is 0 Å². The van der Waals surface area contributed by atoms with Gasteiger partial charge in [-0.05, 0) is 44.7 Å². The molecule has 1 heterocycles. The average molecular weight is 317 g/mol. The van der Waals surface area contributed by atoms with Crippen molar-refractivity contribution in [2.75, 3.05) is 6.54 Å². The Morgan fingerprint density at radius 3 is 2.80 bits per heavy atom. The Labute approximate surface area is 107 Å². The molecule has 0 aromatic heterocycles. The van der Waals surface area contributed by atoms with Gasteiger partial charge in [-0.3, -0.25) is 0 Å². The zero-order valence-corrected chi connectivity index (χ0v) is 12.0. The molecule has 0 radical (unpaired) electrons. The molecule has 0 spiro atoms. The molecule has 0 amide bonds. The first-order valence-electron chi connectivity index (χ1n) is 5.84. The van der Waals surface area contributed by atoms with Gasteiger partial charge in [0.2, 0.25) is 0 Å². The Balaban J connectivity index is 2.18. The Morgan fingerprint density at radius 1 is 1.53 bits per heavy atom. The zero-order chi connectivity index (χ0) is 11.1. The van der Waals surface area contributed by atoms with Gasteiger partial charge in [0.1, 0.15) is 0 Å². The minimum atomic E-state index is 0.242. The summed E-state index contributed by atoms with van der Waals surface area (Å²) in [7, 11) is 0. The van der Waals surface area contributed by atoms with Crippen molar-refractivity contribution in [2.24, 2.45) is 5.92 Å². The highest BCUT2D eigenvalue weighted by molar-refractivity contribution is 14.1. The fourth-order valence-electron chi connectivity index (χ4n) is 2.54. The maximum atomic E-state index is 3.65. The van der Waals surface area contributed by atoms with Crippen LogP contribution in [0.4, 0.5) is 0 Å². The van der Waals surface area contributed by atoms with Gasteiger partial charge in [-0.1, -0.05) is 47.2 Å². The number of halogens is 1. The Morgan fingerprint density at radius 2 is 2.27 bits per heavy atom. The minimum Gasteiger partial charge on any atom is -0.310 e. The van der Waals surface area contributed by atoms with E-state index in [4.69, 9.17) is 0 Å². The topological polar surface area (TPSA) is 12.0 Å². The van der Waals surface area contributed by atoms with E-state index >= 15 is 0 Å². The van der Waals surface area contributed by atoms with Crippen molar-refractivity contribution in [1.29, 1.82) is 0 Å². The summed E-state index contributed by atoms with van der Waals surface area (Å²) in [5, 5.41) is 3.65. The van der Waals surface area contributed by atoms with Gasteiger partial charge in [-0.2, -0.15) is 0 Å². The van der Waals surface area contributed by atoms with Crippen LogP contribution in [0.25, 0.3) is 0 Å². The van der Waals surface area contributed by atoms with E-state index in [0.29, 0.717) is 6.04 Å². The van der Waals surface area contributed by atoms with Crippen LogP contribution in [0.3, 0.4) is 0 Å². The van der Waals surface area contributed by atoms with Gasteiger partial charge in [0.25, 0.3) is 0 Å². The normalized spacial score (nSPS) is 41.3. The number of rotatable bonds is 1. The number of nitrogens with one attached hydrogen (secondary N) is 1. The SMILES string of the molecule is CC1=CC(C2NCCCC2C)=CC1(C)I. The molecule has 15 heavy (non-hydrogen) atoms. The van der Waals surface area contributed by atoms with Crippen LogP contribution in [0.15, 0.2) is 23.3 Å². The van der Waals surface area contributed by atoms with E-state index < -0.39 is 0 Å². The van der Waals surface area contributed by atoms with Gasteiger partial charge in [0.05, 0.1) is 3.42 Å². The molecule has 1 N–H and O–H groups in total. The summed E-state index contributed by atoms with van der Waals surface area (Å²) in [6.07, 6.45) is 7.50. The lowest BCUT2D eigenvalue weighted by Gasteiger charge is -2.30. The van der Waals surface area contributed by atoms with Gasteiger partial charge in [0, 0.05) is 6.04 Å². The molecule has 3 unspecified atom stereocenters. The fourth-order valence-corrected chi connectivity index (χ4v) is 3.05. The summed E-state index contributed by atoms with van der Waals surface area (Å²) >= 11 is 2.54. The fraction of sp³-hybridized carbons (Fsp3) is 0.692. The molecular formula is C13H20IN. The molecule has 0 saturated carbocycles. The Hall–Kier alpha value is 0.170. The van der Waals surface area contributed by atoms with Gasteiger partial charge in [-0.15, -0.1) is 0 Å². The first-order valence-corrected chi connectivity index (χ1v) is 6.92. The molecule has 0 bridgehead atoms. The number of allylic oxidation sites excluding steroid dienone is 2. The van der Waals surface area contributed by atoms with E-state index in [9.17, 15) is 0 Å². The second kappa shape index (κ2) is 4.21. The quantitative estimate of drug-likeness (QED) is 0.577. The lowest BCUT2D eigenvalue weighted by molar-refractivity contribution is 0.336. The lowest BCUT2D eigenvalue weighted by atomic mass is 9.88. The molecule has 3 atom stereocenters. The summed E-state index contributed by atoms with van der Waals surface area (Å²) in [5.41, 5.74) is 2.99. The second-order valence-electron chi connectivity index (χ2n) is 5.10. The van der Waals surface area contributed by atoms with Crippen molar-refractivity contribution >= 4 is 22.6 Å². The Kier molecular flexibility index (Phi) is 3.27. The van der Waals surface area contributed by atoms with Gasteiger partial charge in [-0.25, -0.2) is 0 Å². The largest absolute Gasteiger partial charge is 0.310 e. The van der Waals surface area contributed by atoms with Crippen LogP contribution < -0.4 is 5.32 Å². The van der Waals surface area contributed by atoms with Crippen LogP contribution in [0.5, 0.6) is 0 Å². The standard InChI is InChI=1S/C13H20IN/c1-9-5-4-6-15-12(9)11-7-10(2)13(3,14)8-11/h7-9,12,15H,4-6H2,1-3H3. The van der Waals surface area contributed by atoms with E-state index in [0.717, 1.165) is 5.92 Å². The van der Waals surface area contributed by atoms with Crippen LogP contribution in [-0.4, -0.2) is 16.0 Å². The van der Waals surface area contributed by atoms with Crippen molar-refractivity contribution in [3.63, 3.8) is 0 Å². The third kappa shape index (κ3) is 2.31. The molecular weight excluding hydrogens is 297 g/mol. The molecule has 0 aromatic rings. The highest BCUT2D eigenvalue weighted by atomic mass is 127. The molecule has 1 aliphatic heterocycles. The van der Waals surface area contributed by atoms with Gasteiger partial charge < -0.3 is 5.32 Å². The highest BCUT2D eigenvalue weighted by Crippen LogP contribution is 2.38. The van der Waals surface area contributed by atoms with Crippen LogP contribution in [-0.2, 0) is 0 Å². The summed E-state index contributed by atoms with van der Waals surface area (Å²) in [6.45, 7) is 8.07. The summed E-state index contributed by atoms with van der Waals surface area (Å²) in [5.74, 6) is 0.777. The van der Waals surface area contributed by atoms with Gasteiger partial charge in [0.15, 0.2) is 0 Å². The van der Waals surface area contributed by atoms with Crippen LogP contribution in [0.2, 0.25) is 0 Å². The molecule has 84 valence electrons. The number of hydrogen-bond acceptors (Lipinski definition) is 1. The van der Waals surface area contributed by atoms with E-state index in [2.05, 4.69) is 60.8 Å². The Bertz CT molecular complexity index is 314.